The lowest BCUT2D eigenvalue weighted by atomic mass is 10.1. The molecule has 1 aromatic carbocycles. The van der Waals surface area contributed by atoms with Gasteiger partial charge in [-0.3, -0.25) is 4.99 Å². The molecule has 0 amide bonds. The summed E-state index contributed by atoms with van der Waals surface area (Å²) in [6.07, 6.45) is 0. The van der Waals surface area contributed by atoms with Gasteiger partial charge in [-0.25, -0.2) is 4.98 Å². The first-order valence-corrected chi connectivity index (χ1v) is 9.13. The molecule has 0 spiro atoms. The third kappa shape index (κ3) is 4.28. The third-order valence-electron chi connectivity index (χ3n) is 3.96. The van der Waals surface area contributed by atoms with E-state index in [-0.39, 0.29) is 0 Å². The number of pyridine rings is 1. The third-order valence-corrected chi connectivity index (χ3v) is 4.69. The highest BCUT2D eigenvalue weighted by Crippen LogP contribution is 2.21. The van der Waals surface area contributed by atoms with Gasteiger partial charge in [0.25, 0.3) is 0 Å². The maximum atomic E-state index is 4.71. The van der Waals surface area contributed by atoms with E-state index in [0.29, 0.717) is 6.54 Å². The second kappa shape index (κ2) is 7.98. The van der Waals surface area contributed by atoms with Crippen molar-refractivity contribution in [3.05, 3.63) is 58.3 Å². The van der Waals surface area contributed by atoms with E-state index >= 15 is 0 Å². The van der Waals surface area contributed by atoms with Crippen molar-refractivity contribution in [1.82, 2.24) is 15.6 Å². The van der Waals surface area contributed by atoms with Crippen LogP contribution in [0, 0.1) is 0 Å². The van der Waals surface area contributed by atoms with Crippen LogP contribution in [0.25, 0.3) is 10.9 Å². The molecule has 0 atom stereocenters. The van der Waals surface area contributed by atoms with E-state index in [4.69, 9.17) is 4.98 Å². The fourth-order valence-corrected chi connectivity index (χ4v) is 3.25. The first-order valence-electron chi connectivity index (χ1n) is 8.19. The van der Waals surface area contributed by atoms with Crippen molar-refractivity contribution in [2.24, 2.45) is 4.99 Å². The number of nitrogens with zero attached hydrogens (tertiary/aromatic N) is 3. The van der Waals surface area contributed by atoms with Gasteiger partial charge in [-0.05, 0) is 40.1 Å². The van der Waals surface area contributed by atoms with E-state index in [1.807, 2.05) is 31.1 Å². The first kappa shape index (κ1) is 17.2. The molecular weight excluding hydrogens is 330 g/mol. The predicted octanol–water partition coefficient (Wildman–Crippen LogP) is 3.23. The van der Waals surface area contributed by atoms with Crippen LogP contribution >= 0.6 is 11.3 Å². The molecule has 0 aliphatic heterocycles. The van der Waals surface area contributed by atoms with E-state index < -0.39 is 0 Å². The summed E-state index contributed by atoms with van der Waals surface area (Å²) >= 11 is 1.70. The zero-order valence-corrected chi connectivity index (χ0v) is 15.6. The van der Waals surface area contributed by atoms with Crippen LogP contribution in [-0.4, -0.2) is 32.1 Å². The minimum absolute atomic E-state index is 0.688. The van der Waals surface area contributed by atoms with Crippen molar-refractivity contribution in [3.8, 4) is 0 Å². The molecular formula is C19H23N5S. The maximum absolute atomic E-state index is 4.71. The molecule has 130 valence electrons. The molecule has 0 saturated heterocycles. The van der Waals surface area contributed by atoms with Crippen LogP contribution in [0.3, 0.4) is 0 Å². The Hall–Kier alpha value is -2.60. The van der Waals surface area contributed by atoms with E-state index in [1.54, 1.807) is 18.4 Å². The lowest BCUT2D eigenvalue weighted by molar-refractivity contribution is 0.812. The Balaban J connectivity index is 1.75. The first-order chi connectivity index (χ1) is 12.2. The lowest BCUT2D eigenvalue weighted by Crippen LogP contribution is -2.36. The Morgan fingerprint density at radius 1 is 1.16 bits per heavy atom. The van der Waals surface area contributed by atoms with Crippen molar-refractivity contribution >= 4 is 34.0 Å². The summed E-state index contributed by atoms with van der Waals surface area (Å²) in [6.45, 7) is 1.45. The Labute approximate surface area is 152 Å². The minimum atomic E-state index is 0.688. The van der Waals surface area contributed by atoms with E-state index in [9.17, 15) is 0 Å². The zero-order chi connectivity index (χ0) is 17.6. The van der Waals surface area contributed by atoms with Crippen LogP contribution in [0.1, 0.15) is 11.1 Å². The van der Waals surface area contributed by atoms with Crippen LogP contribution in [0.5, 0.6) is 0 Å². The van der Waals surface area contributed by atoms with Crippen molar-refractivity contribution in [1.29, 1.82) is 0 Å². The topological polar surface area (TPSA) is 52.6 Å². The zero-order valence-electron chi connectivity index (χ0n) is 14.8. The lowest BCUT2D eigenvalue weighted by Gasteiger charge is -2.16. The Bertz CT molecular complexity index is 855. The normalized spacial score (nSPS) is 11.6. The molecule has 0 radical (unpaired) electrons. The van der Waals surface area contributed by atoms with Crippen LogP contribution < -0.4 is 15.5 Å². The Kier molecular flexibility index (Phi) is 5.50. The maximum Gasteiger partial charge on any atom is 0.191 e. The van der Waals surface area contributed by atoms with E-state index in [2.05, 4.69) is 50.7 Å². The average molecular weight is 353 g/mol. The Morgan fingerprint density at radius 2 is 1.96 bits per heavy atom. The molecule has 0 unspecified atom stereocenters. The molecule has 3 rings (SSSR count). The molecule has 0 saturated carbocycles. The number of hydrogen-bond acceptors (Lipinski definition) is 4. The highest BCUT2D eigenvalue weighted by Gasteiger charge is 2.08. The monoisotopic (exact) mass is 353 g/mol. The van der Waals surface area contributed by atoms with Crippen LogP contribution in [0.15, 0.2) is 52.2 Å². The number of rotatable bonds is 5. The van der Waals surface area contributed by atoms with Gasteiger partial charge in [-0.2, -0.15) is 11.3 Å². The fourth-order valence-electron chi connectivity index (χ4n) is 2.59. The van der Waals surface area contributed by atoms with Gasteiger partial charge in [0.1, 0.15) is 5.82 Å². The number of benzene rings is 1. The second-order valence-electron chi connectivity index (χ2n) is 5.96. The quantitative estimate of drug-likeness (QED) is 0.546. The predicted molar refractivity (Wildman–Crippen MR) is 107 cm³/mol. The average Bonchev–Trinajstić information content (AvgIpc) is 3.15. The SMILES string of the molecule is CN=C(NCc1ccsc1)NCc1cc(N(C)C)nc2ccccc12. The number of aliphatic imine (C=N–C) groups is 1. The number of hydrogen-bond donors (Lipinski definition) is 2. The second-order valence-corrected chi connectivity index (χ2v) is 6.74. The number of anilines is 1. The van der Waals surface area contributed by atoms with Gasteiger partial charge < -0.3 is 15.5 Å². The number of thiophene rings is 1. The number of guanidine groups is 1. The summed E-state index contributed by atoms with van der Waals surface area (Å²) in [5.74, 6) is 1.75. The molecule has 0 bridgehead atoms. The summed E-state index contributed by atoms with van der Waals surface area (Å²) in [7, 11) is 5.81. The van der Waals surface area contributed by atoms with E-state index in [1.165, 1.54) is 11.1 Å². The molecule has 5 nitrogen and oxygen atoms in total. The van der Waals surface area contributed by atoms with Crippen molar-refractivity contribution in [2.75, 3.05) is 26.0 Å². The summed E-state index contributed by atoms with van der Waals surface area (Å²) in [5, 5.41) is 12.1. The van der Waals surface area contributed by atoms with Crippen molar-refractivity contribution in [3.63, 3.8) is 0 Å². The fraction of sp³-hybridized carbons (Fsp3) is 0.263. The molecule has 25 heavy (non-hydrogen) atoms. The molecule has 0 aliphatic rings. The number of aromatic nitrogens is 1. The van der Waals surface area contributed by atoms with Crippen molar-refractivity contribution < 1.29 is 0 Å². The summed E-state index contributed by atoms with van der Waals surface area (Å²) in [4.78, 5) is 11.0. The van der Waals surface area contributed by atoms with Crippen LogP contribution in [-0.2, 0) is 13.1 Å². The van der Waals surface area contributed by atoms with Gasteiger partial charge >= 0.3 is 0 Å². The molecule has 0 aliphatic carbocycles. The minimum Gasteiger partial charge on any atom is -0.363 e. The molecule has 3 aromatic rings. The smallest absolute Gasteiger partial charge is 0.191 e. The van der Waals surface area contributed by atoms with Gasteiger partial charge in [-0.15, -0.1) is 0 Å². The molecule has 2 aromatic heterocycles. The number of fused-ring (bicyclic) bond motifs is 1. The summed E-state index contributed by atoms with van der Waals surface area (Å²) in [5.41, 5.74) is 3.47. The van der Waals surface area contributed by atoms with Crippen molar-refractivity contribution in [2.45, 2.75) is 13.1 Å². The number of para-hydroxylation sites is 1. The highest BCUT2D eigenvalue weighted by molar-refractivity contribution is 7.07. The number of nitrogens with one attached hydrogen (secondary N) is 2. The summed E-state index contributed by atoms with van der Waals surface area (Å²) in [6, 6.07) is 12.5. The van der Waals surface area contributed by atoms with Crippen LogP contribution in [0.2, 0.25) is 0 Å². The standard InChI is InChI=1S/C19H23N5S/c1-20-19(21-11-14-8-9-25-13-14)22-12-15-10-18(24(2)3)23-17-7-5-4-6-16(15)17/h4-10,13H,11-12H2,1-3H3,(H2,20,21,22). The molecule has 2 N–H and O–H groups in total. The molecule has 2 heterocycles. The molecule has 6 heteroatoms. The van der Waals surface area contributed by atoms with Gasteiger partial charge in [0.2, 0.25) is 0 Å². The summed E-state index contributed by atoms with van der Waals surface area (Å²) < 4.78 is 0. The van der Waals surface area contributed by atoms with Gasteiger partial charge in [0.05, 0.1) is 5.52 Å². The van der Waals surface area contributed by atoms with Gasteiger partial charge in [0, 0.05) is 39.6 Å². The van der Waals surface area contributed by atoms with E-state index in [0.717, 1.165) is 29.2 Å². The van der Waals surface area contributed by atoms with Crippen LogP contribution in [0.4, 0.5) is 5.82 Å². The molecule has 0 fully saturated rings. The highest BCUT2D eigenvalue weighted by atomic mass is 32.1. The largest absolute Gasteiger partial charge is 0.363 e. The Morgan fingerprint density at radius 3 is 2.68 bits per heavy atom. The van der Waals surface area contributed by atoms with Gasteiger partial charge in [0.15, 0.2) is 5.96 Å². The van der Waals surface area contributed by atoms with Gasteiger partial charge in [-0.1, -0.05) is 18.2 Å².